The van der Waals surface area contributed by atoms with E-state index in [0.29, 0.717) is 79.0 Å². The minimum atomic E-state index is -0.621. The van der Waals surface area contributed by atoms with Crippen LogP contribution in [0.4, 0.5) is 5.82 Å². The van der Waals surface area contributed by atoms with Crippen LogP contribution in [0.25, 0.3) is 21.9 Å². The van der Waals surface area contributed by atoms with Crippen LogP contribution in [0.15, 0.2) is 85.1 Å². The van der Waals surface area contributed by atoms with Crippen molar-refractivity contribution in [2.45, 2.75) is 32.2 Å². The second kappa shape index (κ2) is 28.0. The Bertz CT molecular complexity index is 1790. The number of anilines is 1. The van der Waals surface area contributed by atoms with Gasteiger partial charge in [0.2, 0.25) is 17.7 Å². The third-order valence-electron chi connectivity index (χ3n) is 8.88. The fraction of sp³-hybridized carbons (Fsp3) is 0.455. The van der Waals surface area contributed by atoms with Crippen LogP contribution in [0.3, 0.4) is 0 Å². The van der Waals surface area contributed by atoms with Gasteiger partial charge in [-0.25, -0.2) is 4.98 Å². The fourth-order valence-electron chi connectivity index (χ4n) is 5.88. The molecule has 13 nitrogen and oxygen atoms in total. The molecular formula is C44H59N5O8S. The first-order chi connectivity index (χ1) is 28.4. The van der Waals surface area contributed by atoms with Crippen LogP contribution in [0.1, 0.15) is 36.4 Å². The van der Waals surface area contributed by atoms with Gasteiger partial charge in [-0.1, -0.05) is 66.7 Å². The summed E-state index contributed by atoms with van der Waals surface area (Å²) in [4.78, 5) is 43.0. The van der Waals surface area contributed by atoms with E-state index in [9.17, 15) is 14.4 Å². The summed E-state index contributed by atoms with van der Waals surface area (Å²) in [5.41, 5.74) is 3.98. The van der Waals surface area contributed by atoms with E-state index in [4.69, 9.17) is 23.7 Å². The van der Waals surface area contributed by atoms with Crippen molar-refractivity contribution in [3.63, 3.8) is 0 Å². The van der Waals surface area contributed by atoms with Gasteiger partial charge < -0.3 is 45.0 Å². The number of nitrogens with one attached hydrogen (secondary N) is 4. The smallest absolute Gasteiger partial charge is 0.239 e. The van der Waals surface area contributed by atoms with Gasteiger partial charge in [-0.15, -0.1) is 0 Å². The minimum absolute atomic E-state index is 0.00604. The Morgan fingerprint density at radius 2 is 1.34 bits per heavy atom. The van der Waals surface area contributed by atoms with Crippen molar-refractivity contribution in [1.29, 1.82) is 0 Å². The summed E-state index contributed by atoms with van der Waals surface area (Å²) < 4.78 is 27.6. The monoisotopic (exact) mass is 817 g/mol. The Balaban J connectivity index is 1.17. The molecule has 1 aromatic heterocycles. The van der Waals surface area contributed by atoms with Crippen molar-refractivity contribution in [2.24, 2.45) is 0 Å². The maximum atomic E-state index is 13.1. The number of rotatable bonds is 30. The Kier molecular flexibility index (Phi) is 22.2. The van der Waals surface area contributed by atoms with Crippen LogP contribution >= 0.6 is 11.8 Å². The molecule has 3 aromatic carbocycles. The van der Waals surface area contributed by atoms with E-state index in [0.717, 1.165) is 51.2 Å². The van der Waals surface area contributed by atoms with Crippen molar-refractivity contribution in [3.05, 3.63) is 96.2 Å². The van der Waals surface area contributed by atoms with Gasteiger partial charge in [0.25, 0.3) is 0 Å². The van der Waals surface area contributed by atoms with Crippen molar-refractivity contribution in [1.82, 2.24) is 20.9 Å². The first kappa shape index (κ1) is 46.1. The third kappa shape index (κ3) is 18.3. The maximum Gasteiger partial charge on any atom is 0.239 e. The number of hydrogen-bond acceptors (Lipinski definition) is 11. The molecule has 0 aliphatic heterocycles. The normalized spacial score (nSPS) is 11.6. The van der Waals surface area contributed by atoms with Gasteiger partial charge in [0, 0.05) is 31.5 Å². The zero-order valence-corrected chi connectivity index (χ0v) is 34.6. The summed E-state index contributed by atoms with van der Waals surface area (Å²) in [5, 5.41) is 14.0. The van der Waals surface area contributed by atoms with Crippen LogP contribution in [-0.2, 0) is 38.1 Å². The standard InChI is InChI=1S/C44H59N5O8S/c1-34-16-18-46-41(31-34)45-17-6-11-42(50)48-33-44(52)49-40(37-14-12-36(13-15-37)39-10-5-8-35-7-3-4-9-38(35)39)32-43(51)47-19-20-53-21-22-54-23-24-55-25-26-56-27-28-57-29-30-58-2/h3-5,7-10,12-16,18,31,40H,6,11,17,19-30,32-33H2,1-2H3,(H,45,46)(H,47,51)(H,48,50)(H,49,52)/t40-/m0/s1. The predicted molar refractivity (Wildman–Crippen MR) is 230 cm³/mol. The molecule has 0 aliphatic rings. The SMILES string of the molecule is CSCCOCCOCCOCCOCCOCCNC(=O)C[C@H](NC(=O)CNC(=O)CCCNc1cc(C)ccn1)c1ccc(-c2cccc3ccccc23)cc1. The summed E-state index contributed by atoms with van der Waals surface area (Å²) in [5.74, 6) is 0.870. The number of aryl methyl sites for hydroxylation is 1. The predicted octanol–water partition coefficient (Wildman–Crippen LogP) is 5.33. The first-order valence-electron chi connectivity index (χ1n) is 19.9. The number of benzene rings is 3. The number of thioether (sulfide) groups is 1. The molecule has 4 aromatic rings. The van der Waals surface area contributed by atoms with Crippen LogP contribution in [0.5, 0.6) is 0 Å². The van der Waals surface area contributed by atoms with E-state index in [2.05, 4.69) is 50.5 Å². The molecule has 0 bridgehead atoms. The highest BCUT2D eigenvalue weighted by Crippen LogP contribution is 2.30. The zero-order chi connectivity index (χ0) is 41.0. The summed E-state index contributed by atoms with van der Waals surface area (Å²) in [6, 6.07) is 25.5. The molecule has 0 unspecified atom stereocenters. The summed E-state index contributed by atoms with van der Waals surface area (Å²) in [6.45, 7) is 7.54. The van der Waals surface area contributed by atoms with Gasteiger partial charge in [0.05, 0.1) is 85.1 Å². The fourth-order valence-corrected chi connectivity index (χ4v) is 6.16. The van der Waals surface area contributed by atoms with Gasteiger partial charge >= 0.3 is 0 Å². The number of amides is 3. The molecule has 0 saturated carbocycles. The first-order valence-corrected chi connectivity index (χ1v) is 21.3. The maximum absolute atomic E-state index is 13.1. The second-order valence-electron chi connectivity index (χ2n) is 13.4. The van der Waals surface area contributed by atoms with Crippen LogP contribution < -0.4 is 21.3 Å². The molecule has 0 spiro atoms. The molecule has 1 atom stereocenters. The molecule has 4 rings (SSSR count). The number of nitrogens with zero attached hydrogens (tertiary/aromatic N) is 1. The molecule has 314 valence electrons. The number of hydrogen-bond donors (Lipinski definition) is 4. The van der Waals surface area contributed by atoms with Gasteiger partial charge in [0.15, 0.2) is 0 Å². The number of fused-ring (bicyclic) bond motifs is 1. The molecule has 0 radical (unpaired) electrons. The van der Waals surface area contributed by atoms with E-state index in [1.165, 1.54) is 0 Å². The number of ether oxygens (including phenoxy) is 5. The molecule has 1 heterocycles. The quantitative estimate of drug-likeness (QED) is 0.0505. The van der Waals surface area contributed by atoms with Gasteiger partial charge in [0.1, 0.15) is 5.82 Å². The molecule has 0 aliphatic carbocycles. The number of carbonyl (C=O) groups is 3. The Hall–Kier alpha value is -4.57. The highest BCUT2D eigenvalue weighted by atomic mass is 32.2. The van der Waals surface area contributed by atoms with E-state index >= 15 is 0 Å². The van der Waals surface area contributed by atoms with Gasteiger partial charge in [-0.05, 0) is 64.8 Å². The number of carbonyl (C=O) groups excluding carboxylic acids is 3. The lowest BCUT2D eigenvalue weighted by atomic mass is 9.95. The molecule has 0 saturated heterocycles. The Morgan fingerprint density at radius 1 is 0.690 bits per heavy atom. The highest BCUT2D eigenvalue weighted by Gasteiger charge is 2.19. The average Bonchev–Trinajstić information content (AvgIpc) is 3.23. The zero-order valence-electron chi connectivity index (χ0n) is 33.8. The molecule has 4 N–H and O–H groups in total. The van der Waals surface area contributed by atoms with Gasteiger partial charge in [-0.3, -0.25) is 14.4 Å². The van der Waals surface area contributed by atoms with E-state index < -0.39 is 11.9 Å². The molecular weight excluding hydrogens is 759 g/mol. The average molecular weight is 818 g/mol. The molecule has 14 heteroatoms. The molecule has 58 heavy (non-hydrogen) atoms. The molecule has 3 amide bonds. The number of pyridine rings is 1. The third-order valence-corrected chi connectivity index (χ3v) is 9.45. The van der Waals surface area contributed by atoms with Crippen molar-refractivity contribution in [3.8, 4) is 11.1 Å². The summed E-state index contributed by atoms with van der Waals surface area (Å²) in [7, 11) is 0. The summed E-state index contributed by atoms with van der Waals surface area (Å²) in [6.07, 6.45) is 4.62. The lowest BCUT2D eigenvalue weighted by Crippen LogP contribution is -2.40. The second-order valence-corrected chi connectivity index (χ2v) is 14.4. The highest BCUT2D eigenvalue weighted by molar-refractivity contribution is 7.98. The Morgan fingerprint density at radius 3 is 2.03 bits per heavy atom. The minimum Gasteiger partial charge on any atom is -0.378 e. The topological polar surface area (TPSA) is 158 Å². The van der Waals surface area contributed by atoms with Crippen molar-refractivity contribution in [2.75, 3.05) is 103 Å². The van der Waals surface area contributed by atoms with E-state index in [1.807, 2.05) is 67.8 Å². The van der Waals surface area contributed by atoms with Crippen molar-refractivity contribution >= 4 is 46.1 Å². The van der Waals surface area contributed by atoms with E-state index in [-0.39, 0.29) is 31.2 Å². The molecule has 0 fully saturated rings. The Labute approximate surface area is 346 Å². The lowest BCUT2D eigenvalue weighted by molar-refractivity contribution is -0.127. The van der Waals surface area contributed by atoms with Crippen molar-refractivity contribution < 1.29 is 38.1 Å². The largest absolute Gasteiger partial charge is 0.378 e. The van der Waals surface area contributed by atoms with Crippen LogP contribution in [0.2, 0.25) is 0 Å². The van der Waals surface area contributed by atoms with Gasteiger partial charge in [-0.2, -0.15) is 11.8 Å². The summed E-state index contributed by atoms with van der Waals surface area (Å²) >= 11 is 1.75. The number of aromatic nitrogens is 1. The van der Waals surface area contributed by atoms with Crippen LogP contribution in [0, 0.1) is 6.92 Å². The lowest BCUT2D eigenvalue weighted by Gasteiger charge is -2.20. The van der Waals surface area contributed by atoms with E-state index in [1.54, 1.807) is 18.0 Å². The van der Waals surface area contributed by atoms with Crippen LogP contribution in [-0.4, -0.2) is 120 Å².